The van der Waals surface area contributed by atoms with E-state index in [1.54, 1.807) is 35.3 Å². The molecule has 19 heavy (non-hydrogen) atoms. The molecule has 1 aliphatic heterocycles. The largest absolute Gasteiger partial charge is 0.334 e. The highest BCUT2D eigenvalue weighted by Crippen LogP contribution is 2.33. The van der Waals surface area contributed by atoms with E-state index in [1.165, 1.54) is 12.1 Å². The second-order valence-electron chi connectivity index (χ2n) is 4.65. The van der Waals surface area contributed by atoms with Crippen molar-refractivity contribution in [2.45, 2.75) is 19.0 Å². The molecule has 5 heteroatoms. The molecule has 0 N–H and O–H groups in total. The highest BCUT2D eigenvalue weighted by atomic mass is 19.1. The van der Waals surface area contributed by atoms with Gasteiger partial charge >= 0.3 is 0 Å². The van der Waals surface area contributed by atoms with Gasteiger partial charge in [0.2, 0.25) is 5.91 Å². The molecular weight excluding hydrogens is 245 g/mol. The molecule has 0 saturated carbocycles. The summed E-state index contributed by atoms with van der Waals surface area (Å²) < 4.78 is 14.5. The Morgan fingerprint density at radius 3 is 2.74 bits per heavy atom. The summed E-state index contributed by atoms with van der Waals surface area (Å²) in [5.74, 6) is -0.207. The van der Waals surface area contributed by atoms with Crippen molar-refractivity contribution in [1.82, 2.24) is 14.7 Å². The average molecular weight is 259 g/mol. The van der Waals surface area contributed by atoms with Crippen molar-refractivity contribution < 1.29 is 9.18 Å². The minimum absolute atomic E-state index is 0.0456. The average Bonchev–Trinajstić information content (AvgIpc) is 2.83. The molecule has 1 unspecified atom stereocenters. The Morgan fingerprint density at radius 2 is 2.16 bits per heavy atom. The highest BCUT2D eigenvalue weighted by molar-refractivity contribution is 5.77. The lowest BCUT2D eigenvalue weighted by molar-refractivity contribution is -0.140. The molecule has 1 aromatic carbocycles. The van der Waals surface area contributed by atoms with E-state index in [9.17, 15) is 9.18 Å². The van der Waals surface area contributed by atoms with E-state index in [4.69, 9.17) is 0 Å². The summed E-state index contributed by atoms with van der Waals surface area (Å²) in [4.78, 5) is 13.9. The molecule has 4 nitrogen and oxygen atoms in total. The Morgan fingerprint density at radius 1 is 1.37 bits per heavy atom. The summed E-state index contributed by atoms with van der Waals surface area (Å²) in [6.07, 6.45) is 4.35. The third kappa shape index (κ3) is 2.36. The molecule has 0 bridgehead atoms. The summed E-state index contributed by atoms with van der Waals surface area (Å²) in [6.45, 7) is 1.01. The van der Waals surface area contributed by atoms with Crippen molar-refractivity contribution >= 4 is 5.91 Å². The number of nitrogens with zero attached hydrogens (tertiary/aromatic N) is 3. The summed E-state index contributed by atoms with van der Waals surface area (Å²) in [5.41, 5.74) is 0.987. The Labute approximate surface area is 110 Å². The Hall–Kier alpha value is -2.17. The van der Waals surface area contributed by atoms with Crippen LogP contribution in [0, 0.1) is 5.82 Å². The van der Waals surface area contributed by atoms with Gasteiger partial charge in [-0.1, -0.05) is 12.1 Å². The first kappa shape index (κ1) is 11.9. The number of benzene rings is 1. The number of hydrogen-bond acceptors (Lipinski definition) is 2. The SMILES string of the molecule is O=C(Cn1cccn1)N1CCC1c1ccc(F)cc1. The van der Waals surface area contributed by atoms with Crippen LogP contribution in [0.15, 0.2) is 42.7 Å². The van der Waals surface area contributed by atoms with E-state index >= 15 is 0 Å². The second-order valence-corrected chi connectivity index (χ2v) is 4.65. The van der Waals surface area contributed by atoms with E-state index in [0.29, 0.717) is 0 Å². The zero-order chi connectivity index (χ0) is 13.2. The van der Waals surface area contributed by atoms with E-state index in [2.05, 4.69) is 5.10 Å². The van der Waals surface area contributed by atoms with Crippen molar-refractivity contribution in [2.75, 3.05) is 6.54 Å². The number of halogens is 1. The van der Waals surface area contributed by atoms with Gasteiger partial charge in [0.25, 0.3) is 0 Å². The first-order chi connectivity index (χ1) is 9.24. The molecule has 0 aliphatic carbocycles. The van der Waals surface area contributed by atoms with Gasteiger partial charge in [-0.25, -0.2) is 4.39 Å². The van der Waals surface area contributed by atoms with Crippen molar-refractivity contribution in [3.63, 3.8) is 0 Å². The molecule has 1 amide bonds. The molecular formula is C14H14FN3O. The first-order valence-electron chi connectivity index (χ1n) is 6.26. The second kappa shape index (κ2) is 4.84. The Balaban J connectivity index is 1.69. The van der Waals surface area contributed by atoms with E-state index in [0.717, 1.165) is 18.5 Å². The summed E-state index contributed by atoms with van der Waals surface area (Å²) >= 11 is 0. The molecule has 98 valence electrons. The molecule has 1 atom stereocenters. The summed E-state index contributed by atoms with van der Waals surface area (Å²) in [5, 5.41) is 4.03. The van der Waals surface area contributed by atoms with E-state index < -0.39 is 0 Å². The molecule has 3 rings (SSSR count). The lowest BCUT2D eigenvalue weighted by Crippen LogP contribution is -2.46. The Kier molecular flexibility index (Phi) is 3.03. The van der Waals surface area contributed by atoms with Crippen LogP contribution in [-0.4, -0.2) is 27.1 Å². The minimum Gasteiger partial charge on any atom is -0.334 e. The van der Waals surface area contributed by atoms with Crippen LogP contribution in [0.5, 0.6) is 0 Å². The van der Waals surface area contributed by atoms with Gasteiger partial charge in [0.1, 0.15) is 12.4 Å². The number of likely N-dealkylation sites (tertiary alicyclic amines) is 1. The van der Waals surface area contributed by atoms with Crippen LogP contribution < -0.4 is 0 Å². The number of carbonyl (C=O) groups excluding carboxylic acids is 1. The van der Waals surface area contributed by atoms with Crippen LogP contribution in [0.2, 0.25) is 0 Å². The van der Waals surface area contributed by atoms with Gasteiger partial charge in [-0.15, -0.1) is 0 Å². The van der Waals surface area contributed by atoms with Crippen LogP contribution in [0.4, 0.5) is 4.39 Å². The van der Waals surface area contributed by atoms with Gasteiger partial charge in [-0.2, -0.15) is 5.10 Å². The number of hydrogen-bond donors (Lipinski definition) is 0. The predicted molar refractivity (Wildman–Crippen MR) is 67.7 cm³/mol. The monoisotopic (exact) mass is 259 g/mol. The fourth-order valence-corrected chi connectivity index (χ4v) is 2.34. The standard InChI is InChI=1S/C14H14FN3O/c15-12-4-2-11(3-5-12)13-6-9-18(13)14(19)10-17-8-1-7-16-17/h1-5,7-8,13H,6,9-10H2. The normalized spacial score (nSPS) is 18.2. The van der Waals surface area contributed by atoms with Crippen molar-refractivity contribution in [3.8, 4) is 0 Å². The van der Waals surface area contributed by atoms with E-state index in [1.807, 2.05) is 4.90 Å². The molecule has 0 radical (unpaired) electrons. The van der Waals surface area contributed by atoms with Crippen LogP contribution in [0.25, 0.3) is 0 Å². The van der Waals surface area contributed by atoms with Gasteiger partial charge in [0.15, 0.2) is 0 Å². The Bertz CT molecular complexity index is 565. The molecule has 1 saturated heterocycles. The molecule has 2 heterocycles. The number of carbonyl (C=O) groups is 1. The molecule has 1 aromatic heterocycles. The van der Waals surface area contributed by atoms with Gasteiger partial charge in [-0.05, 0) is 30.2 Å². The molecule has 0 spiro atoms. The van der Waals surface area contributed by atoms with Crippen LogP contribution in [0.3, 0.4) is 0 Å². The van der Waals surface area contributed by atoms with Crippen molar-refractivity contribution in [2.24, 2.45) is 0 Å². The maximum Gasteiger partial charge on any atom is 0.244 e. The topological polar surface area (TPSA) is 38.1 Å². The van der Waals surface area contributed by atoms with Crippen LogP contribution in [0.1, 0.15) is 18.0 Å². The van der Waals surface area contributed by atoms with Crippen molar-refractivity contribution in [1.29, 1.82) is 0 Å². The lowest BCUT2D eigenvalue weighted by Gasteiger charge is -2.41. The van der Waals surface area contributed by atoms with Crippen molar-refractivity contribution in [3.05, 3.63) is 54.1 Å². The smallest absolute Gasteiger partial charge is 0.244 e. The minimum atomic E-state index is -0.252. The molecule has 1 aliphatic rings. The third-order valence-corrected chi connectivity index (χ3v) is 3.45. The fraction of sp³-hybridized carbons (Fsp3) is 0.286. The lowest BCUT2D eigenvalue weighted by atomic mass is 9.94. The quantitative estimate of drug-likeness (QED) is 0.845. The zero-order valence-electron chi connectivity index (χ0n) is 10.4. The first-order valence-corrected chi connectivity index (χ1v) is 6.26. The third-order valence-electron chi connectivity index (χ3n) is 3.45. The van der Waals surface area contributed by atoms with Gasteiger partial charge in [0, 0.05) is 18.9 Å². The zero-order valence-corrected chi connectivity index (χ0v) is 10.4. The van der Waals surface area contributed by atoms with Gasteiger partial charge in [-0.3, -0.25) is 9.48 Å². The summed E-state index contributed by atoms with van der Waals surface area (Å²) in [7, 11) is 0. The maximum atomic E-state index is 12.9. The van der Waals surface area contributed by atoms with Gasteiger partial charge < -0.3 is 4.90 Å². The highest BCUT2D eigenvalue weighted by Gasteiger charge is 2.33. The predicted octanol–water partition coefficient (Wildman–Crippen LogP) is 2.00. The number of aromatic nitrogens is 2. The molecule has 2 aromatic rings. The van der Waals surface area contributed by atoms with E-state index in [-0.39, 0.29) is 24.3 Å². The van der Waals surface area contributed by atoms with Crippen LogP contribution >= 0.6 is 0 Å². The van der Waals surface area contributed by atoms with Crippen LogP contribution in [-0.2, 0) is 11.3 Å². The summed E-state index contributed by atoms with van der Waals surface area (Å²) in [6, 6.07) is 8.22. The molecule has 1 fully saturated rings. The maximum absolute atomic E-state index is 12.9. The number of rotatable bonds is 3. The van der Waals surface area contributed by atoms with Gasteiger partial charge in [0.05, 0.1) is 6.04 Å². The fourth-order valence-electron chi connectivity index (χ4n) is 2.34. The number of amides is 1.